The van der Waals surface area contributed by atoms with E-state index in [-0.39, 0.29) is 10.8 Å². The zero-order valence-corrected chi connectivity index (χ0v) is 9.91. The molecule has 2 aromatic rings. The van der Waals surface area contributed by atoms with Gasteiger partial charge in [-0.3, -0.25) is 4.79 Å². The van der Waals surface area contributed by atoms with Gasteiger partial charge in [0.05, 0.1) is 11.6 Å². The number of fused-ring (bicyclic) bond motifs is 1. The lowest BCUT2D eigenvalue weighted by Crippen LogP contribution is -2.17. The Balaban J connectivity index is 2.57. The van der Waals surface area contributed by atoms with E-state index in [9.17, 15) is 4.79 Å². The summed E-state index contributed by atoms with van der Waals surface area (Å²) in [7, 11) is 0. The molecule has 0 bridgehead atoms. The van der Waals surface area contributed by atoms with Crippen molar-refractivity contribution < 1.29 is 4.42 Å². The second kappa shape index (κ2) is 3.78. The summed E-state index contributed by atoms with van der Waals surface area (Å²) >= 11 is 0. The summed E-state index contributed by atoms with van der Waals surface area (Å²) in [6.07, 6.45) is 2.33. The molecule has 2 nitrogen and oxygen atoms in total. The van der Waals surface area contributed by atoms with E-state index in [0.717, 1.165) is 12.0 Å². The van der Waals surface area contributed by atoms with Crippen LogP contribution in [0.4, 0.5) is 0 Å². The second-order valence-electron chi connectivity index (χ2n) is 5.32. The molecular weight excluding hydrogens is 200 g/mol. The first kappa shape index (κ1) is 10.9. The molecule has 16 heavy (non-hydrogen) atoms. The van der Waals surface area contributed by atoms with Gasteiger partial charge in [0.1, 0.15) is 5.58 Å². The summed E-state index contributed by atoms with van der Waals surface area (Å²) in [5.74, 6) is 0. The van der Waals surface area contributed by atoms with E-state index < -0.39 is 0 Å². The topological polar surface area (TPSA) is 30.2 Å². The lowest BCUT2D eigenvalue weighted by atomic mass is 9.88. The van der Waals surface area contributed by atoms with Gasteiger partial charge in [0.15, 0.2) is 5.43 Å². The molecule has 2 heteroatoms. The minimum Gasteiger partial charge on any atom is -0.464 e. The van der Waals surface area contributed by atoms with Crippen LogP contribution in [0.15, 0.2) is 39.7 Å². The van der Waals surface area contributed by atoms with Crippen molar-refractivity contribution in [1.82, 2.24) is 0 Å². The lowest BCUT2D eigenvalue weighted by molar-refractivity contribution is 0.405. The van der Waals surface area contributed by atoms with E-state index in [4.69, 9.17) is 4.42 Å². The summed E-state index contributed by atoms with van der Waals surface area (Å²) in [6, 6.07) is 7.36. The number of hydrogen-bond donors (Lipinski definition) is 0. The fourth-order valence-electron chi connectivity index (χ4n) is 1.81. The molecule has 1 aromatic carbocycles. The van der Waals surface area contributed by atoms with Crippen LogP contribution in [0.3, 0.4) is 0 Å². The van der Waals surface area contributed by atoms with E-state index in [1.54, 1.807) is 6.26 Å². The van der Waals surface area contributed by atoms with Crippen molar-refractivity contribution in [2.24, 2.45) is 5.41 Å². The number of benzene rings is 1. The Bertz CT molecular complexity index is 559. The first-order valence-corrected chi connectivity index (χ1v) is 5.47. The predicted octanol–water partition coefficient (Wildman–Crippen LogP) is 3.38. The Kier molecular flexibility index (Phi) is 2.58. The molecule has 1 aromatic heterocycles. The van der Waals surface area contributed by atoms with E-state index in [1.807, 2.05) is 24.3 Å². The summed E-state index contributed by atoms with van der Waals surface area (Å²) in [5, 5.41) is 0.671. The van der Waals surface area contributed by atoms with Gasteiger partial charge in [-0.1, -0.05) is 32.9 Å². The zero-order chi connectivity index (χ0) is 11.8. The molecule has 1 heterocycles. The molecule has 84 valence electrons. The molecule has 0 N–H and O–H groups in total. The van der Waals surface area contributed by atoms with Crippen molar-refractivity contribution in [2.75, 3.05) is 0 Å². The Hall–Kier alpha value is -1.57. The van der Waals surface area contributed by atoms with Crippen molar-refractivity contribution in [2.45, 2.75) is 27.2 Å². The van der Waals surface area contributed by atoms with Crippen LogP contribution < -0.4 is 5.43 Å². The molecule has 0 unspecified atom stereocenters. The average molecular weight is 216 g/mol. The summed E-state index contributed by atoms with van der Waals surface area (Å²) in [6.45, 7) is 6.34. The van der Waals surface area contributed by atoms with Gasteiger partial charge >= 0.3 is 0 Å². The molecule has 0 saturated carbocycles. The minimum atomic E-state index is 0.0942. The molecule has 0 amide bonds. The van der Waals surface area contributed by atoms with Gasteiger partial charge in [-0.2, -0.15) is 0 Å². The largest absolute Gasteiger partial charge is 0.464 e. The molecular formula is C14H16O2. The Morgan fingerprint density at radius 1 is 1.19 bits per heavy atom. The fraction of sp³-hybridized carbons (Fsp3) is 0.357. The third-order valence-corrected chi connectivity index (χ3v) is 2.47. The van der Waals surface area contributed by atoms with Gasteiger partial charge in [-0.25, -0.2) is 0 Å². The van der Waals surface area contributed by atoms with Gasteiger partial charge in [-0.05, 0) is 24.0 Å². The van der Waals surface area contributed by atoms with Crippen LogP contribution in [0, 0.1) is 5.41 Å². The lowest BCUT2D eigenvalue weighted by Gasteiger charge is -2.17. The fourth-order valence-corrected chi connectivity index (χ4v) is 1.81. The van der Waals surface area contributed by atoms with E-state index in [1.165, 1.54) is 0 Å². The summed E-state index contributed by atoms with van der Waals surface area (Å²) < 4.78 is 5.47. The van der Waals surface area contributed by atoms with Crippen LogP contribution in [0.25, 0.3) is 11.0 Å². The van der Waals surface area contributed by atoms with Gasteiger partial charge in [0.2, 0.25) is 0 Å². The molecule has 0 aliphatic rings. The maximum atomic E-state index is 12.1. The predicted molar refractivity (Wildman–Crippen MR) is 65.6 cm³/mol. The highest BCUT2D eigenvalue weighted by Gasteiger charge is 2.15. The molecule has 0 aliphatic carbocycles. The summed E-state index contributed by atoms with van der Waals surface area (Å²) in [4.78, 5) is 12.1. The normalized spacial score (nSPS) is 11.9. The van der Waals surface area contributed by atoms with Crippen LogP contribution in [-0.4, -0.2) is 0 Å². The maximum absolute atomic E-state index is 12.1. The van der Waals surface area contributed by atoms with Gasteiger partial charge in [0, 0.05) is 5.56 Å². The number of hydrogen-bond acceptors (Lipinski definition) is 2. The SMILES string of the molecule is CC(C)(C)Cc1coc2ccccc2c1=O. The van der Waals surface area contributed by atoms with Crippen LogP contribution in [0.1, 0.15) is 26.3 Å². The van der Waals surface area contributed by atoms with E-state index in [2.05, 4.69) is 20.8 Å². The highest BCUT2D eigenvalue weighted by molar-refractivity contribution is 5.76. The molecule has 0 spiro atoms. The van der Waals surface area contributed by atoms with Crippen molar-refractivity contribution in [3.05, 3.63) is 46.3 Å². The number of rotatable bonds is 1. The van der Waals surface area contributed by atoms with Gasteiger partial charge in [0.25, 0.3) is 0 Å². The molecule has 2 rings (SSSR count). The first-order valence-electron chi connectivity index (χ1n) is 5.47. The Morgan fingerprint density at radius 2 is 1.88 bits per heavy atom. The van der Waals surface area contributed by atoms with Gasteiger partial charge < -0.3 is 4.42 Å². The smallest absolute Gasteiger partial charge is 0.195 e. The third-order valence-electron chi connectivity index (χ3n) is 2.47. The van der Waals surface area contributed by atoms with Crippen molar-refractivity contribution in [1.29, 1.82) is 0 Å². The minimum absolute atomic E-state index is 0.0942. The number of para-hydroxylation sites is 1. The zero-order valence-electron chi connectivity index (χ0n) is 9.91. The van der Waals surface area contributed by atoms with Crippen LogP contribution in [0.5, 0.6) is 0 Å². The van der Waals surface area contributed by atoms with Crippen molar-refractivity contribution in [3.8, 4) is 0 Å². The van der Waals surface area contributed by atoms with Crippen molar-refractivity contribution in [3.63, 3.8) is 0 Å². The van der Waals surface area contributed by atoms with Crippen LogP contribution in [-0.2, 0) is 6.42 Å². The third kappa shape index (κ3) is 2.16. The molecule has 0 atom stereocenters. The molecule has 0 radical (unpaired) electrons. The highest BCUT2D eigenvalue weighted by atomic mass is 16.3. The molecule has 0 aliphatic heterocycles. The van der Waals surface area contributed by atoms with Crippen LogP contribution in [0.2, 0.25) is 0 Å². The first-order chi connectivity index (χ1) is 7.47. The standard InChI is InChI=1S/C14H16O2/c1-14(2,3)8-10-9-16-12-7-5-4-6-11(12)13(10)15/h4-7,9H,8H2,1-3H3. The Labute approximate surface area is 94.9 Å². The maximum Gasteiger partial charge on any atom is 0.195 e. The van der Waals surface area contributed by atoms with E-state index >= 15 is 0 Å². The quantitative estimate of drug-likeness (QED) is 0.731. The van der Waals surface area contributed by atoms with Gasteiger partial charge in [-0.15, -0.1) is 0 Å². The van der Waals surface area contributed by atoms with E-state index in [0.29, 0.717) is 11.0 Å². The monoisotopic (exact) mass is 216 g/mol. The molecule has 0 fully saturated rings. The average Bonchev–Trinajstić information content (AvgIpc) is 2.21. The van der Waals surface area contributed by atoms with Crippen LogP contribution >= 0.6 is 0 Å². The molecule has 0 saturated heterocycles. The second-order valence-corrected chi connectivity index (χ2v) is 5.32. The van der Waals surface area contributed by atoms with Crippen molar-refractivity contribution >= 4 is 11.0 Å². The summed E-state index contributed by atoms with van der Waals surface area (Å²) in [5.41, 5.74) is 1.60. The Morgan fingerprint density at radius 3 is 2.56 bits per heavy atom. The highest BCUT2D eigenvalue weighted by Crippen LogP contribution is 2.20.